The Morgan fingerprint density at radius 3 is 2.62 bits per heavy atom. The number of rotatable bonds is 8. The highest BCUT2D eigenvalue weighted by Gasteiger charge is 2.17. The molecule has 2 aromatic heterocycles. The van der Waals surface area contributed by atoms with Gasteiger partial charge in [0.05, 0.1) is 17.2 Å². The molecule has 0 spiro atoms. The van der Waals surface area contributed by atoms with E-state index in [1.54, 1.807) is 6.07 Å². The summed E-state index contributed by atoms with van der Waals surface area (Å²) < 4.78 is 1.86. The van der Waals surface area contributed by atoms with Crippen molar-refractivity contribution in [2.45, 2.75) is 18.6 Å². The minimum absolute atomic E-state index is 0.129. The predicted molar refractivity (Wildman–Crippen MR) is 127 cm³/mol. The Morgan fingerprint density at radius 2 is 1.88 bits per heavy atom. The second-order valence-corrected chi connectivity index (χ2v) is 8.83. The lowest BCUT2D eigenvalue weighted by Crippen LogP contribution is -2.24. The molecule has 0 aliphatic rings. The summed E-state index contributed by atoms with van der Waals surface area (Å²) in [6.45, 7) is 2.19. The van der Waals surface area contributed by atoms with E-state index in [2.05, 4.69) is 20.8 Å². The van der Waals surface area contributed by atoms with Crippen LogP contribution in [0.1, 0.15) is 21.1 Å². The van der Waals surface area contributed by atoms with Crippen LogP contribution in [0.25, 0.3) is 5.69 Å². The summed E-state index contributed by atoms with van der Waals surface area (Å²) in [6, 6.07) is 20.9. The van der Waals surface area contributed by atoms with Gasteiger partial charge >= 0.3 is 0 Å². The first-order valence-corrected chi connectivity index (χ1v) is 11.8. The minimum atomic E-state index is -0.158. The fraction of sp³-hybridized carbons (Fsp3) is 0.130. The average molecular weight is 464 g/mol. The number of hydrogen-bond donors (Lipinski definition) is 2. The van der Waals surface area contributed by atoms with Crippen LogP contribution < -0.4 is 10.6 Å². The number of nitrogens with zero attached hydrogens (tertiary/aromatic N) is 3. The van der Waals surface area contributed by atoms with Crippen molar-refractivity contribution < 1.29 is 9.59 Å². The molecule has 0 fully saturated rings. The van der Waals surface area contributed by atoms with E-state index in [1.165, 1.54) is 23.1 Å². The molecule has 0 aliphatic heterocycles. The third-order valence-corrected chi connectivity index (χ3v) is 6.30. The molecule has 2 aromatic carbocycles. The lowest BCUT2D eigenvalue weighted by Gasteiger charge is -2.11. The Balaban J connectivity index is 1.47. The lowest BCUT2D eigenvalue weighted by atomic mass is 10.2. The summed E-state index contributed by atoms with van der Waals surface area (Å²) in [5, 5.41) is 16.8. The summed E-state index contributed by atoms with van der Waals surface area (Å²) in [7, 11) is 0. The first-order valence-electron chi connectivity index (χ1n) is 9.91. The minimum Gasteiger partial charge on any atom is -0.344 e. The number of carbonyl (C=O) groups is 2. The standard InChI is InChI=1S/C23H21N5O2S2/c1-16-7-5-8-17(13-16)25-21(29)15-32-23-27-26-20(28(23)18-9-3-2-4-10-18)14-24-22(30)19-11-6-12-31-19/h2-13H,14-15H2,1H3,(H,24,30)(H,25,29). The zero-order valence-corrected chi connectivity index (χ0v) is 19.0. The molecular weight excluding hydrogens is 442 g/mol. The molecule has 2 amide bonds. The molecule has 0 saturated carbocycles. The molecule has 0 aliphatic carbocycles. The molecule has 2 heterocycles. The zero-order valence-electron chi connectivity index (χ0n) is 17.3. The van der Waals surface area contributed by atoms with Crippen molar-refractivity contribution in [1.82, 2.24) is 20.1 Å². The predicted octanol–water partition coefficient (Wildman–Crippen LogP) is 4.30. The Labute approximate surface area is 193 Å². The zero-order chi connectivity index (χ0) is 22.3. The third-order valence-electron chi connectivity index (χ3n) is 4.50. The SMILES string of the molecule is Cc1cccc(NC(=O)CSc2nnc(CNC(=O)c3cccs3)n2-c2ccccc2)c1. The number of amides is 2. The third kappa shape index (κ3) is 5.43. The van der Waals surface area contributed by atoms with Crippen molar-refractivity contribution in [3.63, 3.8) is 0 Å². The molecule has 7 nitrogen and oxygen atoms in total. The van der Waals surface area contributed by atoms with Gasteiger partial charge in [0, 0.05) is 11.4 Å². The van der Waals surface area contributed by atoms with Gasteiger partial charge in [-0.15, -0.1) is 21.5 Å². The maximum Gasteiger partial charge on any atom is 0.261 e. The molecule has 162 valence electrons. The fourth-order valence-electron chi connectivity index (χ4n) is 3.05. The van der Waals surface area contributed by atoms with Gasteiger partial charge in [-0.1, -0.05) is 48.2 Å². The van der Waals surface area contributed by atoms with E-state index in [0.717, 1.165) is 16.9 Å². The number of thiophene rings is 1. The number of aromatic nitrogens is 3. The molecular formula is C23H21N5O2S2. The van der Waals surface area contributed by atoms with E-state index >= 15 is 0 Å². The number of nitrogens with one attached hydrogen (secondary N) is 2. The van der Waals surface area contributed by atoms with Crippen LogP contribution in [0, 0.1) is 6.92 Å². The highest BCUT2D eigenvalue weighted by Crippen LogP contribution is 2.22. The van der Waals surface area contributed by atoms with Crippen molar-refractivity contribution in [3.8, 4) is 5.69 Å². The van der Waals surface area contributed by atoms with Gasteiger partial charge in [-0.3, -0.25) is 14.2 Å². The number of anilines is 1. The van der Waals surface area contributed by atoms with Crippen molar-refractivity contribution in [2.75, 3.05) is 11.1 Å². The number of hydrogen-bond acceptors (Lipinski definition) is 6. The largest absolute Gasteiger partial charge is 0.344 e. The highest BCUT2D eigenvalue weighted by molar-refractivity contribution is 7.99. The Kier molecular flexibility index (Phi) is 6.98. The van der Waals surface area contributed by atoms with Gasteiger partial charge in [0.1, 0.15) is 0 Å². The topological polar surface area (TPSA) is 88.9 Å². The summed E-state index contributed by atoms with van der Waals surface area (Å²) in [5.74, 6) is 0.480. The average Bonchev–Trinajstić information content (AvgIpc) is 3.47. The van der Waals surface area contributed by atoms with Crippen LogP contribution in [0.15, 0.2) is 77.3 Å². The van der Waals surface area contributed by atoms with Gasteiger partial charge < -0.3 is 10.6 Å². The molecule has 4 aromatic rings. The van der Waals surface area contributed by atoms with Crippen LogP contribution in [0.2, 0.25) is 0 Å². The Morgan fingerprint density at radius 1 is 1.03 bits per heavy atom. The van der Waals surface area contributed by atoms with Crippen molar-refractivity contribution in [1.29, 1.82) is 0 Å². The van der Waals surface area contributed by atoms with Gasteiger partial charge in [0.25, 0.3) is 5.91 Å². The summed E-state index contributed by atoms with van der Waals surface area (Å²) in [4.78, 5) is 25.4. The molecule has 0 saturated heterocycles. The number of aryl methyl sites for hydroxylation is 1. The van der Waals surface area contributed by atoms with E-state index in [4.69, 9.17) is 0 Å². The van der Waals surface area contributed by atoms with Crippen LogP contribution in [-0.4, -0.2) is 32.3 Å². The molecule has 9 heteroatoms. The van der Waals surface area contributed by atoms with Gasteiger partial charge in [0.2, 0.25) is 5.91 Å². The van der Waals surface area contributed by atoms with E-state index < -0.39 is 0 Å². The first-order chi connectivity index (χ1) is 15.6. The fourth-order valence-corrected chi connectivity index (χ4v) is 4.46. The number of thioether (sulfide) groups is 1. The van der Waals surface area contributed by atoms with E-state index in [-0.39, 0.29) is 24.1 Å². The first kappa shape index (κ1) is 21.8. The molecule has 32 heavy (non-hydrogen) atoms. The second kappa shape index (κ2) is 10.3. The summed E-state index contributed by atoms with van der Waals surface area (Å²) >= 11 is 2.67. The normalized spacial score (nSPS) is 10.7. The van der Waals surface area contributed by atoms with Gasteiger partial charge in [-0.2, -0.15) is 0 Å². The monoisotopic (exact) mass is 463 g/mol. The highest BCUT2D eigenvalue weighted by atomic mass is 32.2. The van der Waals surface area contributed by atoms with Crippen LogP contribution >= 0.6 is 23.1 Å². The summed E-state index contributed by atoms with van der Waals surface area (Å²) in [5.41, 5.74) is 2.70. The molecule has 4 rings (SSSR count). The van der Waals surface area contributed by atoms with Crippen LogP contribution in [0.5, 0.6) is 0 Å². The van der Waals surface area contributed by atoms with Crippen LogP contribution in [0.4, 0.5) is 5.69 Å². The van der Waals surface area contributed by atoms with Gasteiger partial charge in [-0.25, -0.2) is 0 Å². The molecule has 2 N–H and O–H groups in total. The summed E-state index contributed by atoms with van der Waals surface area (Å²) in [6.07, 6.45) is 0. The lowest BCUT2D eigenvalue weighted by molar-refractivity contribution is -0.113. The molecule has 0 radical (unpaired) electrons. The van der Waals surface area contributed by atoms with E-state index in [0.29, 0.717) is 15.9 Å². The van der Waals surface area contributed by atoms with Gasteiger partial charge in [-0.05, 0) is 48.2 Å². The number of carbonyl (C=O) groups excluding carboxylic acids is 2. The number of para-hydroxylation sites is 1. The van der Waals surface area contributed by atoms with Gasteiger partial charge in [0.15, 0.2) is 11.0 Å². The van der Waals surface area contributed by atoms with E-state index in [1.807, 2.05) is 77.5 Å². The van der Waals surface area contributed by atoms with Crippen LogP contribution in [0.3, 0.4) is 0 Å². The maximum absolute atomic E-state index is 12.5. The molecule has 0 atom stereocenters. The maximum atomic E-state index is 12.5. The Bertz CT molecular complexity index is 1210. The van der Waals surface area contributed by atoms with Crippen molar-refractivity contribution >= 4 is 40.6 Å². The van der Waals surface area contributed by atoms with Crippen molar-refractivity contribution in [2.24, 2.45) is 0 Å². The quantitative estimate of drug-likeness (QED) is 0.381. The number of benzene rings is 2. The smallest absolute Gasteiger partial charge is 0.261 e. The van der Waals surface area contributed by atoms with E-state index in [9.17, 15) is 9.59 Å². The van der Waals surface area contributed by atoms with Crippen LogP contribution in [-0.2, 0) is 11.3 Å². The van der Waals surface area contributed by atoms with Crippen molar-refractivity contribution in [3.05, 3.63) is 88.4 Å². The molecule has 0 unspecified atom stereocenters. The molecule has 0 bridgehead atoms. The second-order valence-electron chi connectivity index (χ2n) is 6.94. The Hall–Kier alpha value is -3.43.